The summed E-state index contributed by atoms with van der Waals surface area (Å²) in [6, 6.07) is 7.22. The van der Waals surface area contributed by atoms with Gasteiger partial charge in [-0.15, -0.1) is 0 Å². The molecule has 0 spiro atoms. The molecule has 0 bridgehead atoms. The van der Waals surface area contributed by atoms with Crippen LogP contribution in [0.5, 0.6) is 11.5 Å². The van der Waals surface area contributed by atoms with E-state index in [1.165, 1.54) is 12.1 Å². The number of nitrogens with one attached hydrogen (secondary N) is 2. The first kappa shape index (κ1) is 22.7. The Morgan fingerprint density at radius 3 is 2.61 bits per heavy atom. The molecule has 1 heterocycles. The van der Waals surface area contributed by atoms with Gasteiger partial charge in [0.15, 0.2) is 11.5 Å². The Balaban J connectivity index is 1.68. The molecule has 0 aromatic heterocycles. The minimum absolute atomic E-state index is 0.0164. The lowest BCUT2D eigenvalue weighted by atomic mass is 10.1. The highest BCUT2D eigenvalue weighted by molar-refractivity contribution is 6.32. The number of carbonyl (C=O) groups is 2. The maximum Gasteiger partial charge on any atom is 0.412 e. The highest BCUT2D eigenvalue weighted by atomic mass is 35.5. The van der Waals surface area contributed by atoms with Crippen molar-refractivity contribution in [1.82, 2.24) is 0 Å². The summed E-state index contributed by atoms with van der Waals surface area (Å²) < 4.78 is 30.4. The van der Waals surface area contributed by atoms with Crippen LogP contribution < -0.4 is 20.1 Å². The van der Waals surface area contributed by atoms with E-state index >= 15 is 0 Å². The van der Waals surface area contributed by atoms with Gasteiger partial charge in [0.25, 0.3) is 0 Å². The van der Waals surface area contributed by atoms with Gasteiger partial charge in [-0.3, -0.25) is 10.1 Å². The average molecular weight is 451 g/mol. The van der Waals surface area contributed by atoms with Gasteiger partial charge in [-0.25, -0.2) is 9.18 Å². The molecule has 1 aliphatic heterocycles. The molecule has 2 amide bonds. The maximum atomic E-state index is 14.1. The van der Waals surface area contributed by atoms with Crippen molar-refractivity contribution in [1.29, 1.82) is 0 Å². The van der Waals surface area contributed by atoms with E-state index < -0.39 is 17.5 Å². The number of ether oxygens (including phenoxy) is 3. The van der Waals surface area contributed by atoms with E-state index in [-0.39, 0.29) is 18.0 Å². The first-order valence-electron chi connectivity index (χ1n) is 9.78. The standard InChI is InChI=1S/C22H24ClFN2O5/c1-22(2,3)31-21(28)26-17-12-14(5-6-16(17)24)25-19(27)11-13-9-15(23)20-18(10-13)29-7-4-8-30-20/h5-6,9-10,12H,4,7-8,11H2,1-3H3,(H,25,27)(H,26,28). The fourth-order valence-corrected chi connectivity index (χ4v) is 3.18. The zero-order valence-corrected chi connectivity index (χ0v) is 18.3. The smallest absolute Gasteiger partial charge is 0.412 e. The molecule has 2 aromatic rings. The molecule has 0 atom stereocenters. The minimum Gasteiger partial charge on any atom is -0.489 e. The Labute approximate surface area is 184 Å². The molecular weight excluding hydrogens is 427 g/mol. The summed E-state index contributed by atoms with van der Waals surface area (Å²) in [6.45, 7) is 6.11. The molecule has 0 saturated heterocycles. The highest BCUT2D eigenvalue weighted by Gasteiger charge is 2.19. The summed E-state index contributed by atoms with van der Waals surface area (Å²) in [5.41, 5.74) is 0.126. The van der Waals surface area contributed by atoms with Crippen LogP contribution in [0.3, 0.4) is 0 Å². The van der Waals surface area contributed by atoms with Gasteiger partial charge in [0, 0.05) is 12.1 Å². The Hall–Kier alpha value is -3.00. The molecule has 9 heteroatoms. The fourth-order valence-electron chi connectivity index (χ4n) is 2.89. The molecule has 2 N–H and O–H groups in total. The molecular formula is C22H24ClFN2O5. The van der Waals surface area contributed by atoms with Crippen molar-refractivity contribution in [3.05, 3.63) is 46.7 Å². The number of hydrogen-bond donors (Lipinski definition) is 2. The van der Waals surface area contributed by atoms with Crippen molar-refractivity contribution < 1.29 is 28.2 Å². The van der Waals surface area contributed by atoms with Gasteiger partial charge >= 0.3 is 6.09 Å². The molecule has 31 heavy (non-hydrogen) atoms. The normalized spacial score (nSPS) is 13.2. The molecule has 7 nitrogen and oxygen atoms in total. The van der Waals surface area contributed by atoms with E-state index in [0.717, 1.165) is 12.5 Å². The van der Waals surface area contributed by atoms with Gasteiger partial charge in [-0.1, -0.05) is 11.6 Å². The highest BCUT2D eigenvalue weighted by Crippen LogP contribution is 2.38. The summed E-state index contributed by atoms with van der Waals surface area (Å²) in [4.78, 5) is 24.4. The number of anilines is 2. The van der Waals surface area contributed by atoms with Crippen LogP contribution in [0.2, 0.25) is 5.02 Å². The van der Waals surface area contributed by atoms with Gasteiger partial charge in [0.2, 0.25) is 5.91 Å². The fraction of sp³-hybridized carbons (Fsp3) is 0.364. The Morgan fingerprint density at radius 2 is 1.87 bits per heavy atom. The van der Waals surface area contributed by atoms with Crippen LogP contribution in [0.4, 0.5) is 20.6 Å². The summed E-state index contributed by atoms with van der Waals surface area (Å²) in [7, 11) is 0. The van der Waals surface area contributed by atoms with Crippen LogP contribution in [-0.2, 0) is 16.0 Å². The monoisotopic (exact) mass is 450 g/mol. The van der Waals surface area contributed by atoms with Crippen LogP contribution in [0, 0.1) is 5.82 Å². The number of benzene rings is 2. The van der Waals surface area contributed by atoms with Crippen LogP contribution in [0.25, 0.3) is 0 Å². The zero-order chi connectivity index (χ0) is 22.6. The Morgan fingerprint density at radius 1 is 1.13 bits per heavy atom. The number of fused-ring (bicyclic) bond motifs is 1. The first-order valence-corrected chi connectivity index (χ1v) is 10.2. The molecule has 0 unspecified atom stereocenters. The largest absolute Gasteiger partial charge is 0.489 e. The maximum absolute atomic E-state index is 14.1. The summed E-state index contributed by atoms with van der Waals surface area (Å²) >= 11 is 6.27. The lowest BCUT2D eigenvalue weighted by Crippen LogP contribution is -2.27. The van der Waals surface area contributed by atoms with E-state index in [4.69, 9.17) is 25.8 Å². The molecule has 3 rings (SSSR count). The number of amides is 2. The molecule has 0 aliphatic carbocycles. The van der Waals surface area contributed by atoms with E-state index in [9.17, 15) is 14.0 Å². The van der Waals surface area contributed by atoms with Gasteiger partial charge in [0.05, 0.1) is 30.3 Å². The van der Waals surface area contributed by atoms with Crippen LogP contribution in [-0.4, -0.2) is 30.8 Å². The van der Waals surface area contributed by atoms with Crippen molar-refractivity contribution in [3.8, 4) is 11.5 Å². The van der Waals surface area contributed by atoms with Crippen molar-refractivity contribution in [2.75, 3.05) is 23.8 Å². The number of hydrogen-bond acceptors (Lipinski definition) is 5. The van der Waals surface area contributed by atoms with E-state index in [2.05, 4.69) is 10.6 Å². The third kappa shape index (κ3) is 6.49. The molecule has 166 valence electrons. The topological polar surface area (TPSA) is 85.9 Å². The second-order valence-corrected chi connectivity index (χ2v) is 8.41. The minimum atomic E-state index is -0.795. The van der Waals surface area contributed by atoms with E-state index in [0.29, 0.717) is 41.0 Å². The molecule has 0 fully saturated rings. The van der Waals surface area contributed by atoms with Crippen molar-refractivity contribution in [3.63, 3.8) is 0 Å². The third-order valence-corrected chi connectivity index (χ3v) is 4.39. The average Bonchev–Trinajstić information content (AvgIpc) is 2.88. The van der Waals surface area contributed by atoms with Gasteiger partial charge in [0.1, 0.15) is 11.4 Å². The van der Waals surface area contributed by atoms with Crippen LogP contribution >= 0.6 is 11.6 Å². The van der Waals surface area contributed by atoms with Crippen molar-refractivity contribution in [2.24, 2.45) is 0 Å². The van der Waals surface area contributed by atoms with Crippen LogP contribution in [0.1, 0.15) is 32.8 Å². The second kappa shape index (κ2) is 9.43. The van der Waals surface area contributed by atoms with Gasteiger partial charge in [-0.05, 0) is 56.7 Å². The predicted molar refractivity (Wildman–Crippen MR) is 116 cm³/mol. The van der Waals surface area contributed by atoms with Gasteiger partial charge < -0.3 is 19.5 Å². The molecule has 0 saturated carbocycles. The molecule has 1 aliphatic rings. The lowest BCUT2D eigenvalue weighted by Gasteiger charge is -2.20. The summed E-state index contributed by atoms with van der Waals surface area (Å²) in [5, 5.41) is 5.39. The third-order valence-electron chi connectivity index (χ3n) is 4.11. The zero-order valence-electron chi connectivity index (χ0n) is 17.5. The first-order chi connectivity index (χ1) is 14.6. The Kier molecular flexibility index (Phi) is 6.90. The summed E-state index contributed by atoms with van der Waals surface area (Å²) in [6.07, 6.45) is -0.0371. The molecule has 2 aromatic carbocycles. The quantitative estimate of drug-likeness (QED) is 0.671. The van der Waals surface area contributed by atoms with Crippen molar-refractivity contribution >= 4 is 35.0 Å². The lowest BCUT2D eigenvalue weighted by molar-refractivity contribution is -0.115. The number of halogens is 2. The second-order valence-electron chi connectivity index (χ2n) is 8.00. The van der Waals surface area contributed by atoms with Crippen LogP contribution in [0.15, 0.2) is 30.3 Å². The number of carbonyl (C=O) groups excluding carboxylic acids is 2. The van der Waals surface area contributed by atoms with Crippen molar-refractivity contribution in [2.45, 2.75) is 39.2 Å². The molecule has 0 radical (unpaired) electrons. The van der Waals surface area contributed by atoms with E-state index in [1.807, 2.05) is 0 Å². The predicted octanol–water partition coefficient (Wildman–Crippen LogP) is 5.17. The van der Waals surface area contributed by atoms with Gasteiger partial charge in [-0.2, -0.15) is 0 Å². The Bertz CT molecular complexity index is 991. The summed E-state index contributed by atoms with van der Waals surface area (Å²) in [5.74, 6) is -0.0305. The van der Waals surface area contributed by atoms with E-state index in [1.54, 1.807) is 32.9 Å². The SMILES string of the molecule is CC(C)(C)OC(=O)Nc1cc(NC(=O)Cc2cc(Cl)c3c(c2)OCCCO3)ccc1F. The number of rotatable bonds is 4.